The van der Waals surface area contributed by atoms with E-state index in [-0.39, 0.29) is 36.1 Å². The molecule has 3 aliphatic rings. The first kappa shape index (κ1) is 29.9. The van der Waals surface area contributed by atoms with Crippen molar-refractivity contribution in [2.24, 2.45) is 0 Å². The van der Waals surface area contributed by atoms with Crippen LogP contribution in [0.15, 0.2) is 42.1 Å². The summed E-state index contributed by atoms with van der Waals surface area (Å²) in [5, 5.41) is 5.38. The first-order valence-corrected chi connectivity index (χ1v) is 14.7. The molecule has 0 saturated heterocycles. The Bertz CT molecular complexity index is 1510. The molecule has 1 aromatic heterocycles. The van der Waals surface area contributed by atoms with Gasteiger partial charge in [0, 0.05) is 24.6 Å². The first-order chi connectivity index (χ1) is 19.6. The van der Waals surface area contributed by atoms with E-state index in [1.54, 1.807) is 0 Å². The molecule has 0 bridgehead atoms. The lowest BCUT2D eigenvalue weighted by molar-refractivity contribution is -0.202. The number of rotatable bonds is 10. The fourth-order valence-corrected chi connectivity index (χ4v) is 6.02. The zero-order valence-electron chi connectivity index (χ0n) is 21.9. The van der Waals surface area contributed by atoms with Crippen LogP contribution in [0.2, 0.25) is 0 Å². The lowest BCUT2D eigenvalue weighted by Crippen LogP contribution is -2.60. The third-order valence-electron chi connectivity index (χ3n) is 7.27. The van der Waals surface area contributed by atoms with Gasteiger partial charge < -0.3 is 10.1 Å². The number of nitrogens with one attached hydrogen (secondary N) is 2. The van der Waals surface area contributed by atoms with E-state index in [0.717, 1.165) is 37.1 Å². The van der Waals surface area contributed by atoms with Crippen molar-refractivity contribution in [1.29, 1.82) is 0 Å². The van der Waals surface area contributed by atoms with Gasteiger partial charge in [0.25, 0.3) is 11.8 Å². The smallest absolute Gasteiger partial charge is 0.416 e. The van der Waals surface area contributed by atoms with Gasteiger partial charge in [-0.1, -0.05) is 12.1 Å². The van der Waals surface area contributed by atoms with Crippen LogP contribution in [-0.2, 0) is 25.2 Å². The Labute approximate surface area is 236 Å². The predicted octanol–water partition coefficient (Wildman–Crippen LogP) is 4.28. The van der Waals surface area contributed by atoms with Crippen molar-refractivity contribution in [2.75, 3.05) is 6.61 Å². The van der Waals surface area contributed by atoms with E-state index >= 15 is 0 Å². The van der Waals surface area contributed by atoms with Gasteiger partial charge >= 0.3 is 12.4 Å². The van der Waals surface area contributed by atoms with E-state index in [1.807, 2.05) is 10.0 Å². The zero-order chi connectivity index (χ0) is 30.5. The highest BCUT2D eigenvalue weighted by Crippen LogP contribution is 2.49. The second-order valence-corrected chi connectivity index (χ2v) is 12.5. The van der Waals surface area contributed by atoms with Crippen molar-refractivity contribution >= 4 is 27.4 Å². The van der Waals surface area contributed by atoms with Gasteiger partial charge in [0.2, 0.25) is 10.0 Å². The summed E-state index contributed by atoms with van der Waals surface area (Å²) >= 11 is 0. The Kier molecular flexibility index (Phi) is 7.56. The fraction of sp³-hybridized carbons (Fsp3) is 0.500. The number of hydrogen-bond donors (Lipinski definition) is 2. The molecule has 2 aliphatic carbocycles. The van der Waals surface area contributed by atoms with Gasteiger partial charge in [0.05, 0.1) is 23.6 Å². The molecule has 16 heteroatoms. The molecule has 2 amide bonds. The molecular formula is C26H26F6N4O5S. The molecule has 2 aromatic rings. The SMILES string of the molecule is O=C1NC(c2ccc(OCCCC(F)(F)F)cc2)(C(F)(F)F)CC(c2ccn(C3CC3)n2)=C1C(=O)NS(=O)(=O)C1CC1. The molecule has 2 saturated carbocycles. The van der Waals surface area contributed by atoms with Gasteiger partial charge in [-0.25, -0.2) is 13.1 Å². The Hall–Kier alpha value is -3.56. The summed E-state index contributed by atoms with van der Waals surface area (Å²) in [4.78, 5) is 26.4. The molecule has 2 N–H and O–H groups in total. The van der Waals surface area contributed by atoms with Crippen LogP contribution < -0.4 is 14.8 Å². The molecule has 1 aromatic carbocycles. The van der Waals surface area contributed by atoms with Crippen LogP contribution in [0, 0.1) is 0 Å². The average Bonchev–Trinajstić information content (AvgIpc) is 3.83. The molecule has 0 radical (unpaired) electrons. The number of halogens is 6. The Morgan fingerprint density at radius 1 is 1.07 bits per heavy atom. The van der Waals surface area contributed by atoms with Gasteiger partial charge in [-0.05, 0) is 55.9 Å². The lowest BCUT2D eigenvalue weighted by atomic mass is 9.77. The molecule has 228 valence electrons. The fourth-order valence-electron chi connectivity index (χ4n) is 4.74. The predicted molar refractivity (Wildman–Crippen MR) is 135 cm³/mol. The van der Waals surface area contributed by atoms with Crippen LogP contribution >= 0.6 is 0 Å². The second kappa shape index (κ2) is 10.6. The average molecular weight is 621 g/mol. The summed E-state index contributed by atoms with van der Waals surface area (Å²) in [6, 6.07) is 5.72. The number of aromatic nitrogens is 2. The number of carbonyl (C=O) groups is 2. The Balaban J connectivity index is 1.49. The number of amides is 2. The van der Waals surface area contributed by atoms with Gasteiger partial charge in [0.1, 0.15) is 11.3 Å². The summed E-state index contributed by atoms with van der Waals surface area (Å²) in [5.41, 5.74) is -4.73. The third-order valence-corrected chi connectivity index (χ3v) is 9.08. The summed E-state index contributed by atoms with van der Waals surface area (Å²) in [6.07, 6.45) is -8.17. The first-order valence-electron chi connectivity index (χ1n) is 13.1. The molecule has 2 fully saturated rings. The molecule has 0 spiro atoms. The highest BCUT2D eigenvalue weighted by molar-refractivity contribution is 7.91. The zero-order valence-corrected chi connectivity index (χ0v) is 22.7. The van der Waals surface area contributed by atoms with E-state index in [0.29, 0.717) is 12.8 Å². The quantitative estimate of drug-likeness (QED) is 0.233. The number of carbonyl (C=O) groups excluding carboxylic acids is 2. The molecule has 1 atom stereocenters. The van der Waals surface area contributed by atoms with Crippen molar-refractivity contribution in [3.05, 3.63) is 53.4 Å². The number of hydrogen-bond acceptors (Lipinski definition) is 6. The number of nitrogens with zero attached hydrogens (tertiary/aromatic N) is 2. The maximum atomic E-state index is 14.9. The van der Waals surface area contributed by atoms with Crippen LogP contribution in [0.1, 0.15) is 62.2 Å². The molecule has 1 unspecified atom stereocenters. The molecule has 5 rings (SSSR count). The van der Waals surface area contributed by atoms with Crippen LogP contribution in [-0.4, -0.2) is 54.2 Å². The highest BCUT2D eigenvalue weighted by Gasteiger charge is 2.60. The molecule has 9 nitrogen and oxygen atoms in total. The number of alkyl halides is 6. The van der Waals surface area contributed by atoms with Gasteiger partial charge in [-0.15, -0.1) is 0 Å². The second-order valence-electron chi connectivity index (χ2n) is 10.6. The monoisotopic (exact) mass is 620 g/mol. The normalized spacial score (nSPS) is 21.7. The van der Waals surface area contributed by atoms with Crippen molar-refractivity contribution < 1.29 is 49.1 Å². The minimum atomic E-state index is -5.11. The largest absolute Gasteiger partial charge is 0.494 e. The third kappa shape index (κ3) is 6.27. The Morgan fingerprint density at radius 2 is 1.74 bits per heavy atom. The Morgan fingerprint density at radius 3 is 2.31 bits per heavy atom. The molecule has 1 aliphatic heterocycles. The molecule has 2 heterocycles. The van der Waals surface area contributed by atoms with Crippen molar-refractivity contribution in [1.82, 2.24) is 19.8 Å². The topological polar surface area (TPSA) is 119 Å². The minimum Gasteiger partial charge on any atom is -0.494 e. The number of sulfonamides is 1. The summed E-state index contributed by atoms with van der Waals surface area (Å²) < 4.78 is 115. The van der Waals surface area contributed by atoms with E-state index in [2.05, 4.69) is 5.10 Å². The number of ether oxygens (including phenoxy) is 1. The van der Waals surface area contributed by atoms with E-state index in [1.165, 1.54) is 16.9 Å². The lowest BCUT2D eigenvalue weighted by Gasteiger charge is -2.41. The maximum Gasteiger partial charge on any atom is 0.416 e. The minimum absolute atomic E-state index is 0.0182. The van der Waals surface area contributed by atoms with Crippen LogP contribution in [0.25, 0.3) is 5.57 Å². The van der Waals surface area contributed by atoms with Crippen molar-refractivity contribution in [3.8, 4) is 5.75 Å². The van der Waals surface area contributed by atoms with Gasteiger partial charge in [-0.3, -0.25) is 14.3 Å². The number of benzene rings is 1. The summed E-state index contributed by atoms with van der Waals surface area (Å²) in [5.74, 6) is -2.77. The molecule has 42 heavy (non-hydrogen) atoms. The van der Waals surface area contributed by atoms with Crippen LogP contribution in [0.5, 0.6) is 5.75 Å². The summed E-state index contributed by atoms with van der Waals surface area (Å²) in [7, 11) is -4.13. The maximum absolute atomic E-state index is 14.9. The van der Waals surface area contributed by atoms with Gasteiger partial charge in [0.15, 0.2) is 5.54 Å². The van der Waals surface area contributed by atoms with Crippen LogP contribution in [0.3, 0.4) is 0 Å². The van der Waals surface area contributed by atoms with Crippen molar-refractivity contribution in [2.45, 2.75) is 74.1 Å². The van der Waals surface area contributed by atoms with Gasteiger partial charge in [-0.2, -0.15) is 31.4 Å². The van der Waals surface area contributed by atoms with Crippen LogP contribution in [0.4, 0.5) is 26.3 Å². The standard InChI is InChI=1S/C26H26F6N4O5S/c27-25(28,29)11-1-13-41-17-6-2-15(3-7-17)24(26(30,31)32)14-19(20-10-12-36(34-20)16-4-5-16)21(22(37)33-24)23(38)35-42(39,40)18-8-9-18/h2-3,6-7,10,12,16,18H,1,4-5,8-9,11,13-14H2,(H,33,37)(H,35,38). The highest BCUT2D eigenvalue weighted by atomic mass is 32.2. The summed E-state index contributed by atoms with van der Waals surface area (Å²) in [6.45, 7) is -0.321. The van der Waals surface area contributed by atoms with Crippen molar-refractivity contribution in [3.63, 3.8) is 0 Å². The van der Waals surface area contributed by atoms with E-state index < -0.39 is 69.0 Å². The van der Waals surface area contributed by atoms with E-state index in [4.69, 9.17) is 4.74 Å². The molecular weight excluding hydrogens is 594 g/mol. The van der Waals surface area contributed by atoms with E-state index in [9.17, 15) is 44.3 Å².